The molecule has 2 nitrogen and oxygen atoms in total. The number of alkyl halides is 3. The minimum Gasteiger partial charge on any atom is -0.395 e. The number of aldehydes is 1. The summed E-state index contributed by atoms with van der Waals surface area (Å²) < 4.78 is 36.8. The molecule has 0 amide bonds. The molecule has 0 aromatic heterocycles. The minimum atomic E-state index is -4.39. The zero-order chi connectivity index (χ0) is 12.4. The highest BCUT2D eigenvalue weighted by molar-refractivity contribution is 5.68. The first-order valence-corrected chi connectivity index (χ1v) is 4.58. The molecule has 0 bridgehead atoms. The summed E-state index contributed by atoms with van der Waals surface area (Å²) in [6.07, 6.45) is -3.87. The molecule has 5 heteroatoms. The van der Waals surface area contributed by atoms with Crippen molar-refractivity contribution in [1.82, 2.24) is 0 Å². The SMILES string of the molecule is CC(C=O)(CO)c1ccc(C(F)(F)F)cc1. The van der Waals surface area contributed by atoms with E-state index in [0.717, 1.165) is 12.1 Å². The van der Waals surface area contributed by atoms with Crippen LogP contribution in [-0.4, -0.2) is 18.0 Å². The molecular weight excluding hydrogens is 221 g/mol. The molecule has 0 heterocycles. The van der Waals surface area contributed by atoms with E-state index in [1.165, 1.54) is 19.1 Å². The van der Waals surface area contributed by atoms with E-state index in [9.17, 15) is 18.0 Å². The zero-order valence-electron chi connectivity index (χ0n) is 8.58. The van der Waals surface area contributed by atoms with Crippen molar-refractivity contribution in [3.05, 3.63) is 35.4 Å². The van der Waals surface area contributed by atoms with Gasteiger partial charge in [0, 0.05) is 0 Å². The second-order valence-electron chi connectivity index (χ2n) is 3.77. The van der Waals surface area contributed by atoms with Crippen LogP contribution in [0, 0.1) is 0 Å². The fourth-order valence-corrected chi connectivity index (χ4v) is 1.24. The average molecular weight is 232 g/mol. The Morgan fingerprint density at radius 2 is 1.62 bits per heavy atom. The number of carbonyl (C=O) groups excluding carboxylic acids is 1. The molecule has 1 aromatic carbocycles. The van der Waals surface area contributed by atoms with Crippen molar-refractivity contribution >= 4 is 6.29 Å². The van der Waals surface area contributed by atoms with Gasteiger partial charge >= 0.3 is 6.18 Å². The van der Waals surface area contributed by atoms with Crippen molar-refractivity contribution in [2.75, 3.05) is 6.61 Å². The topological polar surface area (TPSA) is 37.3 Å². The minimum absolute atomic E-state index is 0.359. The number of aliphatic hydroxyl groups is 1. The summed E-state index contributed by atoms with van der Waals surface area (Å²) in [7, 11) is 0. The number of benzene rings is 1. The molecule has 1 N–H and O–H groups in total. The van der Waals surface area contributed by atoms with Gasteiger partial charge in [0.2, 0.25) is 0 Å². The smallest absolute Gasteiger partial charge is 0.395 e. The molecular formula is C11H11F3O2. The lowest BCUT2D eigenvalue weighted by atomic mass is 9.84. The van der Waals surface area contributed by atoms with E-state index >= 15 is 0 Å². The van der Waals surface area contributed by atoms with Crippen LogP contribution in [0.1, 0.15) is 18.1 Å². The highest BCUT2D eigenvalue weighted by atomic mass is 19.4. The van der Waals surface area contributed by atoms with E-state index in [2.05, 4.69) is 0 Å². The van der Waals surface area contributed by atoms with Crippen LogP contribution in [0.2, 0.25) is 0 Å². The zero-order valence-corrected chi connectivity index (χ0v) is 8.58. The van der Waals surface area contributed by atoms with Crippen molar-refractivity contribution in [2.45, 2.75) is 18.5 Å². The maximum absolute atomic E-state index is 12.3. The summed E-state index contributed by atoms with van der Waals surface area (Å²) in [6, 6.07) is 4.19. The molecule has 1 unspecified atom stereocenters. The first-order valence-electron chi connectivity index (χ1n) is 4.58. The van der Waals surface area contributed by atoms with Gasteiger partial charge in [0.25, 0.3) is 0 Å². The van der Waals surface area contributed by atoms with Crippen LogP contribution in [0.3, 0.4) is 0 Å². The molecule has 1 atom stereocenters. The van der Waals surface area contributed by atoms with Gasteiger partial charge < -0.3 is 9.90 Å². The Balaban J connectivity index is 3.08. The fourth-order valence-electron chi connectivity index (χ4n) is 1.24. The van der Waals surface area contributed by atoms with Crippen LogP contribution in [0.5, 0.6) is 0 Å². The molecule has 0 aliphatic heterocycles. The van der Waals surface area contributed by atoms with E-state index in [1.54, 1.807) is 0 Å². The largest absolute Gasteiger partial charge is 0.416 e. The van der Waals surface area contributed by atoms with E-state index in [1.807, 2.05) is 0 Å². The first kappa shape index (κ1) is 12.7. The molecule has 1 rings (SSSR count). The van der Waals surface area contributed by atoms with E-state index < -0.39 is 23.8 Å². The molecule has 0 saturated heterocycles. The summed E-state index contributed by atoms with van der Waals surface area (Å²) in [5.41, 5.74) is -1.56. The monoisotopic (exact) mass is 232 g/mol. The van der Waals surface area contributed by atoms with Crippen LogP contribution in [0.4, 0.5) is 13.2 Å². The lowest BCUT2D eigenvalue weighted by molar-refractivity contribution is -0.137. The van der Waals surface area contributed by atoms with Crippen molar-refractivity contribution in [1.29, 1.82) is 0 Å². The number of hydrogen-bond donors (Lipinski definition) is 1. The molecule has 0 radical (unpaired) electrons. The van der Waals surface area contributed by atoms with Gasteiger partial charge in [-0.25, -0.2) is 0 Å². The quantitative estimate of drug-likeness (QED) is 0.811. The predicted molar refractivity (Wildman–Crippen MR) is 51.9 cm³/mol. The summed E-state index contributed by atoms with van der Waals surface area (Å²) >= 11 is 0. The van der Waals surface area contributed by atoms with Gasteiger partial charge in [-0.05, 0) is 24.6 Å². The van der Waals surface area contributed by atoms with Gasteiger partial charge in [-0.15, -0.1) is 0 Å². The third-order valence-electron chi connectivity index (χ3n) is 2.46. The second kappa shape index (κ2) is 4.25. The molecule has 0 aliphatic rings. The Morgan fingerprint density at radius 3 is 1.94 bits per heavy atom. The normalized spacial score (nSPS) is 15.6. The van der Waals surface area contributed by atoms with Crippen LogP contribution in [0.25, 0.3) is 0 Å². The van der Waals surface area contributed by atoms with Crippen LogP contribution in [0.15, 0.2) is 24.3 Å². The third-order valence-corrected chi connectivity index (χ3v) is 2.46. The lowest BCUT2D eigenvalue weighted by Gasteiger charge is -2.20. The number of rotatable bonds is 3. The molecule has 16 heavy (non-hydrogen) atoms. The van der Waals surface area contributed by atoms with Gasteiger partial charge in [-0.1, -0.05) is 12.1 Å². The maximum Gasteiger partial charge on any atom is 0.416 e. The number of hydrogen-bond acceptors (Lipinski definition) is 2. The highest BCUT2D eigenvalue weighted by Crippen LogP contribution is 2.30. The van der Waals surface area contributed by atoms with Gasteiger partial charge in [0.05, 0.1) is 17.6 Å². The summed E-state index contributed by atoms with van der Waals surface area (Å²) in [5.74, 6) is 0. The van der Waals surface area contributed by atoms with Crippen LogP contribution >= 0.6 is 0 Å². The summed E-state index contributed by atoms with van der Waals surface area (Å²) in [4.78, 5) is 10.8. The molecule has 0 spiro atoms. The van der Waals surface area contributed by atoms with Gasteiger partial charge in [-0.3, -0.25) is 0 Å². The van der Waals surface area contributed by atoms with Gasteiger partial charge in [0.1, 0.15) is 6.29 Å². The van der Waals surface area contributed by atoms with Crippen molar-refractivity contribution in [2.24, 2.45) is 0 Å². The standard InChI is InChI=1S/C11H11F3O2/c1-10(6-15,7-16)8-2-4-9(5-3-8)11(12,13)14/h2-6,16H,7H2,1H3. The molecule has 88 valence electrons. The Morgan fingerprint density at radius 1 is 1.19 bits per heavy atom. The third kappa shape index (κ3) is 2.41. The predicted octanol–water partition coefficient (Wildman–Crippen LogP) is 2.15. The summed E-state index contributed by atoms with van der Waals surface area (Å²) in [5, 5.41) is 9.01. The molecule has 0 fully saturated rings. The van der Waals surface area contributed by atoms with Gasteiger partial charge in [-0.2, -0.15) is 13.2 Å². The second-order valence-corrected chi connectivity index (χ2v) is 3.77. The van der Waals surface area contributed by atoms with Crippen LogP contribution in [-0.2, 0) is 16.4 Å². The summed E-state index contributed by atoms with van der Waals surface area (Å²) in [6.45, 7) is 1.02. The maximum atomic E-state index is 12.3. The van der Waals surface area contributed by atoms with E-state index in [0.29, 0.717) is 11.8 Å². The number of aliphatic hydroxyl groups excluding tert-OH is 1. The van der Waals surface area contributed by atoms with E-state index in [-0.39, 0.29) is 0 Å². The Labute approximate surface area is 90.7 Å². The first-order chi connectivity index (χ1) is 7.33. The molecule has 0 saturated carbocycles. The van der Waals surface area contributed by atoms with Crippen molar-refractivity contribution in [3.8, 4) is 0 Å². The number of halogens is 3. The van der Waals surface area contributed by atoms with Gasteiger partial charge in [0.15, 0.2) is 0 Å². The molecule has 1 aromatic rings. The Kier molecular flexibility index (Phi) is 3.38. The lowest BCUT2D eigenvalue weighted by Crippen LogP contribution is -2.28. The van der Waals surface area contributed by atoms with Crippen LogP contribution < -0.4 is 0 Å². The average Bonchev–Trinajstić information content (AvgIpc) is 2.27. The van der Waals surface area contributed by atoms with E-state index in [4.69, 9.17) is 5.11 Å². The van der Waals surface area contributed by atoms with Crippen molar-refractivity contribution in [3.63, 3.8) is 0 Å². The van der Waals surface area contributed by atoms with Crippen molar-refractivity contribution < 1.29 is 23.1 Å². The molecule has 0 aliphatic carbocycles. The fraction of sp³-hybridized carbons (Fsp3) is 0.364. The Hall–Kier alpha value is -1.36. The Bertz CT molecular complexity index is 370. The highest BCUT2D eigenvalue weighted by Gasteiger charge is 2.31. The number of carbonyl (C=O) groups is 1.